The summed E-state index contributed by atoms with van der Waals surface area (Å²) < 4.78 is 29.2. The number of quaternary nitrogens is 1. The van der Waals surface area contributed by atoms with Gasteiger partial charge in [-0.3, -0.25) is 13.8 Å². The molecule has 10 heteroatoms. The molecule has 0 aromatic rings. The van der Waals surface area contributed by atoms with Crippen LogP contribution in [0.25, 0.3) is 0 Å². The fourth-order valence-corrected chi connectivity index (χ4v) is 6.38. The van der Waals surface area contributed by atoms with E-state index in [1.807, 2.05) is 27.2 Å². The van der Waals surface area contributed by atoms with Crippen molar-refractivity contribution in [2.45, 2.75) is 173 Å². The minimum absolute atomic E-state index is 0.0501. The van der Waals surface area contributed by atoms with Crippen molar-refractivity contribution in [1.29, 1.82) is 0 Å². The van der Waals surface area contributed by atoms with Gasteiger partial charge in [0.25, 0.3) is 0 Å². The van der Waals surface area contributed by atoms with Gasteiger partial charge < -0.3 is 24.5 Å². The van der Waals surface area contributed by atoms with E-state index in [2.05, 4.69) is 43.5 Å². The van der Waals surface area contributed by atoms with Gasteiger partial charge in [-0.2, -0.15) is 0 Å². The maximum absolute atomic E-state index is 12.8. The lowest BCUT2D eigenvalue weighted by atomic mass is 10.1. The van der Waals surface area contributed by atoms with Crippen molar-refractivity contribution in [3.8, 4) is 0 Å². The molecular weight excluding hydrogens is 651 g/mol. The van der Waals surface area contributed by atoms with E-state index in [1.165, 1.54) is 64.2 Å². The van der Waals surface area contributed by atoms with E-state index in [1.54, 1.807) is 6.08 Å². The van der Waals surface area contributed by atoms with Crippen LogP contribution >= 0.6 is 7.82 Å². The fourth-order valence-electron chi connectivity index (χ4n) is 5.65. The molecule has 0 aromatic carbocycles. The Bertz CT molecular complexity index is 981. The van der Waals surface area contributed by atoms with Gasteiger partial charge >= 0.3 is 7.82 Å². The van der Waals surface area contributed by atoms with Crippen molar-refractivity contribution in [1.82, 2.24) is 5.32 Å². The first-order chi connectivity index (χ1) is 24.0. The summed E-state index contributed by atoms with van der Waals surface area (Å²) >= 11 is 0. The van der Waals surface area contributed by atoms with E-state index in [4.69, 9.17) is 13.8 Å². The second-order valence-electron chi connectivity index (χ2n) is 15.0. The smallest absolute Gasteiger partial charge is 0.387 e. The molecule has 1 aliphatic rings. The van der Waals surface area contributed by atoms with Gasteiger partial charge in [0.15, 0.2) is 0 Å². The summed E-state index contributed by atoms with van der Waals surface area (Å²) in [6.45, 7) is 4.70. The number of ether oxygens (including phenoxy) is 1. The van der Waals surface area contributed by atoms with E-state index in [0.29, 0.717) is 29.7 Å². The molecule has 3 unspecified atom stereocenters. The van der Waals surface area contributed by atoms with E-state index in [0.717, 1.165) is 64.2 Å². The van der Waals surface area contributed by atoms with Gasteiger partial charge in [0.2, 0.25) is 5.91 Å². The molecule has 0 aliphatic carbocycles. The van der Waals surface area contributed by atoms with Gasteiger partial charge in [-0.1, -0.05) is 121 Å². The monoisotopic (exact) mass is 728 g/mol. The molecule has 1 saturated heterocycles. The molecule has 0 radical (unpaired) electrons. The van der Waals surface area contributed by atoms with Crippen LogP contribution in [0.3, 0.4) is 0 Å². The summed E-state index contributed by atoms with van der Waals surface area (Å²) in [6.07, 6.45) is 35.2. The normalized spacial score (nSPS) is 19.0. The largest absolute Gasteiger partial charge is 0.472 e. The highest BCUT2D eigenvalue weighted by Gasteiger charge is 2.36. The number of nitrogens with one attached hydrogen (secondary N) is 1. The van der Waals surface area contributed by atoms with Gasteiger partial charge in [-0.05, 0) is 57.8 Å². The Morgan fingerprint density at radius 2 is 1.36 bits per heavy atom. The van der Waals surface area contributed by atoms with Gasteiger partial charge in [-0.15, -0.1) is 0 Å². The summed E-state index contributed by atoms with van der Waals surface area (Å²) in [4.78, 5) is 23.0. The van der Waals surface area contributed by atoms with Crippen molar-refractivity contribution in [2.75, 3.05) is 40.9 Å². The van der Waals surface area contributed by atoms with Crippen LogP contribution in [0.4, 0.5) is 0 Å². The minimum atomic E-state index is -4.35. The van der Waals surface area contributed by atoms with Gasteiger partial charge in [0.1, 0.15) is 13.2 Å². The van der Waals surface area contributed by atoms with Crippen molar-refractivity contribution in [3.63, 3.8) is 0 Å². The Labute approximate surface area is 306 Å². The number of likely N-dealkylation sites (N-methyl/N-ethyl adjacent to an activating group) is 1. The molecule has 1 rings (SSSR count). The topological polar surface area (TPSA) is 118 Å². The van der Waals surface area contributed by atoms with Crippen molar-refractivity contribution < 1.29 is 37.6 Å². The minimum Gasteiger partial charge on any atom is -0.387 e. The molecule has 292 valence electrons. The molecule has 9 nitrogen and oxygen atoms in total. The molecule has 3 N–H and O–H groups in total. The average Bonchev–Trinajstić information content (AvgIpc) is 3.81. The van der Waals surface area contributed by atoms with Crippen molar-refractivity contribution >= 4 is 13.7 Å². The molecule has 1 amide bonds. The summed E-state index contributed by atoms with van der Waals surface area (Å²) in [5, 5.41) is 13.7. The number of nitrogens with zero attached hydrogens (tertiary/aromatic N) is 1. The number of phosphoric acid groups is 1. The first-order valence-corrected chi connectivity index (χ1v) is 21.5. The number of aliphatic hydroxyl groups is 1. The number of rotatable bonds is 34. The predicted octanol–water partition coefficient (Wildman–Crippen LogP) is 9.34. The van der Waals surface area contributed by atoms with Crippen LogP contribution in [0.5, 0.6) is 0 Å². The van der Waals surface area contributed by atoms with Crippen LogP contribution in [0.2, 0.25) is 0 Å². The molecule has 1 heterocycles. The van der Waals surface area contributed by atoms with Crippen LogP contribution < -0.4 is 5.32 Å². The molecule has 1 fully saturated rings. The Morgan fingerprint density at radius 1 is 0.780 bits per heavy atom. The molecule has 0 spiro atoms. The summed E-state index contributed by atoms with van der Waals surface area (Å²) in [5.41, 5.74) is 0. The predicted molar refractivity (Wildman–Crippen MR) is 207 cm³/mol. The molecule has 0 bridgehead atoms. The summed E-state index contributed by atoms with van der Waals surface area (Å²) in [6, 6.07) is -0.871. The maximum atomic E-state index is 12.8. The first-order valence-electron chi connectivity index (χ1n) is 20.0. The molecule has 0 saturated carbocycles. The first kappa shape index (κ1) is 46.7. The van der Waals surface area contributed by atoms with E-state index < -0.39 is 20.0 Å². The van der Waals surface area contributed by atoms with Crippen LogP contribution in [-0.2, 0) is 23.1 Å². The molecule has 50 heavy (non-hydrogen) atoms. The Hall–Kier alpha value is -1.32. The van der Waals surface area contributed by atoms with Gasteiger partial charge in [0, 0.05) is 6.42 Å². The van der Waals surface area contributed by atoms with Crippen molar-refractivity contribution in [2.24, 2.45) is 0 Å². The lowest BCUT2D eigenvalue weighted by molar-refractivity contribution is -0.870. The second-order valence-corrected chi connectivity index (χ2v) is 16.5. The number of hydrogen-bond donors (Lipinski definition) is 3. The number of carbonyl (C=O) groups is 1. The summed E-state index contributed by atoms with van der Waals surface area (Å²) in [7, 11) is 1.53. The highest BCUT2D eigenvalue weighted by Crippen LogP contribution is 2.43. The van der Waals surface area contributed by atoms with Gasteiger partial charge in [-0.25, -0.2) is 4.57 Å². The fraction of sp³-hybridized carbons (Fsp3) is 0.825. The maximum Gasteiger partial charge on any atom is 0.472 e. The van der Waals surface area contributed by atoms with Gasteiger partial charge in [0.05, 0.1) is 52.1 Å². The van der Waals surface area contributed by atoms with Crippen LogP contribution in [0.15, 0.2) is 36.5 Å². The molecule has 1 aliphatic heterocycles. The molecule has 0 aromatic heterocycles. The lowest BCUT2D eigenvalue weighted by Gasteiger charge is -2.25. The second kappa shape index (κ2) is 29.2. The van der Waals surface area contributed by atoms with E-state index >= 15 is 0 Å². The zero-order valence-electron chi connectivity index (χ0n) is 32.6. The third kappa shape index (κ3) is 28.3. The number of hydrogen-bond acceptors (Lipinski definition) is 6. The quantitative estimate of drug-likeness (QED) is 0.0199. The molecule has 5 atom stereocenters. The zero-order chi connectivity index (χ0) is 36.9. The lowest BCUT2D eigenvalue weighted by Crippen LogP contribution is -2.45. The number of phosphoric ester groups is 1. The number of unbranched alkanes of at least 4 members (excludes halogenated alkanes) is 14. The summed E-state index contributed by atoms with van der Waals surface area (Å²) in [5.74, 6) is -0.208. The number of allylic oxidation sites excluding steroid dienone is 4. The highest BCUT2D eigenvalue weighted by atomic mass is 31.2. The van der Waals surface area contributed by atoms with E-state index in [9.17, 15) is 19.4 Å². The zero-order valence-corrected chi connectivity index (χ0v) is 33.5. The highest BCUT2D eigenvalue weighted by molar-refractivity contribution is 7.47. The standard InChI is InChI=1S/C40H75N2O7P/c1-6-8-10-11-12-13-14-15-16-19-22-26-29-37(43)36(35-48-50(45,46)47-34-33-42(3,4)5)41-40(44)32-28-24-21-18-17-20-23-27-31-39-38(49-39)30-25-9-7-2/h15-16,23,26-27,29,36-39,43H,6-14,17-22,24-25,28,30-35H2,1-5H3,(H-,41,44,45,46)/p+1/b16-15-,27-23-,29-26+/t36-,37+,38?,39?/m0/s1. The Morgan fingerprint density at radius 3 is 2.04 bits per heavy atom. The molecular formula is C40H76N2O7P+. The van der Waals surface area contributed by atoms with E-state index in [-0.39, 0.29) is 19.1 Å². The third-order valence-corrected chi connectivity index (χ3v) is 9.99. The number of aliphatic hydroxyl groups excluding tert-OH is 1. The van der Waals surface area contributed by atoms with Crippen molar-refractivity contribution in [3.05, 3.63) is 36.5 Å². The Balaban J connectivity index is 2.39. The van der Waals surface area contributed by atoms with Crippen LogP contribution in [-0.4, -0.2) is 85.6 Å². The Kier molecular flexibility index (Phi) is 27.2. The number of carbonyl (C=O) groups excluding carboxylic acids is 1. The van der Waals surface area contributed by atoms with Crippen LogP contribution in [0.1, 0.15) is 149 Å². The SMILES string of the molecule is CCCCCCCC/C=C\CC/C=C/[C@@H](O)[C@H](COP(=O)(O)OCC[N+](C)(C)C)NC(=O)CCCCCCC/C=C\CC1OC1CCCCC. The average molecular weight is 728 g/mol. The van der Waals surface area contributed by atoms with Crippen LogP contribution in [0, 0.1) is 0 Å². The third-order valence-electron chi connectivity index (χ3n) is 9.01. The number of amides is 1. The number of epoxide rings is 1.